The molecule has 0 unspecified atom stereocenters. The van der Waals surface area contributed by atoms with Gasteiger partial charge in [-0.1, -0.05) is 6.92 Å². The SMILES string of the molecule is CCCNCC(C)(C)Oc1ccc(F)cc1. The van der Waals surface area contributed by atoms with E-state index in [1.165, 1.54) is 12.1 Å². The highest BCUT2D eigenvalue weighted by molar-refractivity contribution is 5.22. The van der Waals surface area contributed by atoms with Gasteiger partial charge in [0.15, 0.2) is 0 Å². The highest BCUT2D eigenvalue weighted by Gasteiger charge is 2.18. The van der Waals surface area contributed by atoms with E-state index in [0.29, 0.717) is 5.75 Å². The zero-order valence-electron chi connectivity index (χ0n) is 10.2. The van der Waals surface area contributed by atoms with E-state index in [2.05, 4.69) is 12.2 Å². The van der Waals surface area contributed by atoms with Crippen LogP contribution in [0.2, 0.25) is 0 Å². The Morgan fingerprint density at radius 3 is 2.44 bits per heavy atom. The van der Waals surface area contributed by atoms with Crippen molar-refractivity contribution in [3.63, 3.8) is 0 Å². The molecule has 0 aromatic heterocycles. The Labute approximate surface area is 96.8 Å². The molecule has 1 aromatic rings. The van der Waals surface area contributed by atoms with Crippen LogP contribution in [0.5, 0.6) is 5.75 Å². The summed E-state index contributed by atoms with van der Waals surface area (Å²) in [5.74, 6) is 0.457. The summed E-state index contributed by atoms with van der Waals surface area (Å²) < 4.78 is 18.5. The molecule has 0 heterocycles. The van der Waals surface area contributed by atoms with Crippen LogP contribution in [0.1, 0.15) is 27.2 Å². The van der Waals surface area contributed by atoms with E-state index in [-0.39, 0.29) is 11.4 Å². The van der Waals surface area contributed by atoms with Crippen LogP contribution in [0.15, 0.2) is 24.3 Å². The van der Waals surface area contributed by atoms with Crippen LogP contribution in [-0.2, 0) is 0 Å². The average molecular weight is 225 g/mol. The van der Waals surface area contributed by atoms with E-state index in [9.17, 15) is 4.39 Å². The van der Waals surface area contributed by atoms with Gasteiger partial charge >= 0.3 is 0 Å². The summed E-state index contributed by atoms with van der Waals surface area (Å²) in [7, 11) is 0. The Balaban J connectivity index is 2.48. The molecule has 0 spiro atoms. The number of nitrogens with one attached hydrogen (secondary N) is 1. The molecule has 0 radical (unpaired) electrons. The van der Waals surface area contributed by atoms with Crippen LogP contribution in [0.3, 0.4) is 0 Å². The molecule has 0 aliphatic rings. The van der Waals surface area contributed by atoms with Gasteiger partial charge < -0.3 is 10.1 Å². The number of ether oxygens (including phenoxy) is 1. The third-order valence-corrected chi connectivity index (χ3v) is 2.19. The number of hydrogen-bond acceptors (Lipinski definition) is 2. The van der Waals surface area contributed by atoms with Crippen molar-refractivity contribution in [1.29, 1.82) is 0 Å². The molecule has 90 valence electrons. The average Bonchev–Trinajstić information content (AvgIpc) is 2.21. The van der Waals surface area contributed by atoms with Gasteiger partial charge in [0.05, 0.1) is 0 Å². The zero-order valence-corrected chi connectivity index (χ0v) is 10.2. The molecule has 3 heteroatoms. The molecule has 0 amide bonds. The molecule has 0 saturated heterocycles. The Morgan fingerprint density at radius 2 is 1.88 bits per heavy atom. The van der Waals surface area contributed by atoms with Crippen molar-refractivity contribution < 1.29 is 9.13 Å². The van der Waals surface area contributed by atoms with Gasteiger partial charge in [-0.05, 0) is 51.1 Å². The summed E-state index contributed by atoms with van der Waals surface area (Å²) in [4.78, 5) is 0. The lowest BCUT2D eigenvalue weighted by molar-refractivity contribution is 0.108. The van der Waals surface area contributed by atoms with E-state index >= 15 is 0 Å². The second-order valence-electron chi connectivity index (χ2n) is 4.49. The smallest absolute Gasteiger partial charge is 0.123 e. The first-order chi connectivity index (χ1) is 7.53. The maximum atomic E-state index is 12.7. The van der Waals surface area contributed by atoms with Crippen molar-refractivity contribution in [2.24, 2.45) is 0 Å². The Morgan fingerprint density at radius 1 is 1.25 bits per heavy atom. The molecule has 1 rings (SSSR count). The number of rotatable bonds is 6. The summed E-state index contributed by atoms with van der Waals surface area (Å²) in [6, 6.07) is 6.11. The number of hydrogen-bond donors (Lipinski definition) is 1. The highest BCUT2D eigenvalue weighted by Crippen LogP contribution is 2.18. The van der Waals surface area contributed by atoms with E-state index in [1.807, 2.05) is 13.8 Å². The van der Waals surface area contributed by atoms with Crippen molar-refractivity contribution in [2.45, 2.75) is 32.8 Å². The fraction of sp³-hybridized carbons (Fsp3) is 0.538. The van der Waals surface area contributed by atoms with Crippen LogP contribution >= 0.6 is 0 Å². The van der Waals surface area contributed by atoms with Gasteiger partial charge in [0.25, 0.3) is 0 Å². The highest BCUT2D eigenvalue weighted by atomic mass is 19.1. The first-order valence-corrected chi connectivity index (χ1v) is 5.69. The molecule has 1 aromatic carbocycles. The predicted molar refractivity (Wildman–Crippen MR) is 64.3 cm³/mol. The summed E-state index contributed by atoms with van der Waals surface area (Å²) in [6.07, 6.45) is 1.10. The Bertz CT molecular complexity index is 308. The van der Waals surface area contributed by atoms with Gasteiger partial charge in [-0.2, -0.15) is 0 Å². The molecule has 1 N–H and O–H groups in total. The fourth-order valence-corrected chi connectivity index (χ4v) is 1.42. The van der Waals surface area contributed by atoms with Crippen molar-refractivity contribution in [3.05, 3.63) is 30.1 Å². The van der Waals surface area contributed by atoms with Crippen molar-refractivity contribution in [1.82, 2.24) is 5.32 Å². The topological polar surface area (TPSA) is 21.3 Å². The van der Waals surface area contributed by atoms with Crippen LogP contribution in [0, 0.1) is 5.82 Å². The second kappa shape index (κ2) is 5.85. The van der Waals surface area contributed by atoms with E-state index in [4.69, 9.17) is 4.74 Å². The lowest BCUT2D eigenvalue weighted by Crippen LogP contribution is -2.40. The lowest BCUT2D eigenvalue weighted by atomic mass is 10.1. The molecule has 0 aliphatic carbocycles. The van der Waals surface area contributed by atoms with Crippen molar-refractivity contribution in [2.75, 3.05) is 13.1 Å². The van der Waals surface area contributed by atoms with Gasteiger partial charge in [0.1, 0.15) is 17.2 Å². The normalized spacial score (nSPS) is 11.5. The molecule has 0 fully saturated rings. The Hall–Kier alpha value is -1.09. The van der Waals surface area contributed by atoms with E-state index in [1.54, 1.807) is 12.1 Å². The minimum atomic E-state index is -0.285. The molecule has 16 heavy (non-hydrogen) atoms. The van der Waals surface area contributed by atoms with Crippen LogP contribution in [0.25, 0.3) is 0 Å². The van der Waals surface area contributed by atoms with Crippen LogP contribution < -0.4 is 10.1 Å². The Kier molecular flexibility index (Phi) is 4.74. The van der Waals surface area contributed by atoms with E-state index in [0.717, 1.165) is 19.5 Å². The largest absolute Gasteiger partial charge is 0.487 e. The molecule has 0 aliphatic heterocycles. The van der Waals surface area contributed by atoms with Gasteiger partial charge in [0.2, 0.25) is 0 Å². The molecule has 0 atom stereocenters. The summed E-state index contributed by atoms with van der Waals surface area (Å²) in [5, 5.41) is 3.31. The van der Waals surface area contributed by atoms with Crippen molar-refractivity contribution in [3.8, 4) is 5.75 Å². The van der Waals surface area contributed by atoms with Crippen LogP contribution in [0.4, 0.5) is 4.39 Å². The lowest BCUT2D eigenvalue weighted by Gasteiger charge is -2.26. The summed E-state index contributed by atoms with van der Waals surface area (Å²) >= 11 is 0. The zero-order chi connectivity index (χ0) is 12.0. The number of benzene rings is 1. The minimum Gasteiger partial charge on any atom is -0.487 e. The van der Waals surface area contributed by atoms with Gasteiger partial charge in [-0.15, -0.1) is 0 Å². The first kappa shape index (κ1) is 13.0. The first-order valence-electron chi connectivity index (χ1n) is 5.69. The van der Waals surface area contributed by atoms with Crippen molar-refractivity contribution >= 4 is 0 Å². The fourth-order valence-electron chi connectivity index (χ4n) is 1.42. The summed E-state index contributed by atoms with van der Waals surface area (Å²) in [6.45, 7) is 7.91. The van der Waals surface area contributed by atoms with Gasteiger partial charge in [-0.3, -0.25) is 0 Å². The third-order valence-electron chi connectivity index (χ3n) is 2.19. The quantitative estimate of drug-likeness (QED) is 0.751. The van der Waals surface area contributed by atoms with E-state index < -0.39 is 0 Å². The standard InChI is InChI=1S/C13H20FNO/c1-4-9-15-10-13(2,3)16-12-7-5-11(14)6-8-12/h5-8,15H,4,9-10H2,1-3H3. The maximum absolute atomic E-state index is 12.7. The molecule has 0 saturated carbocycles. The van der Waals surface area contributed by atoms with Gasteiger partial charge in [-0.25, -0.2) is 4.39 Å². The minimum absolute atomic E-state index is 0.241. The molecular formula is C13H20FNO. The maximum Gasteiger partial charge on any atom is 0.123 e. The summed E-state index contributed by atoms with van der Waals surface area (Å²) in [5.41, 5.74) is -0.285. The second-order valence-corrected chi connectivity index (χ2v) is 4.49. The van der Waals surface area contributed by atoms with Crippen LogP contribution in [-0.4, -0.2) is 18.7 Å². The molecular weight excluding hydrogens is 205 g/mol. The molecule has 2 nitrogen and oxygen atoms in total. The number of halogens is 1. The van der Waals surface area contributed by atoms with Gasteiger partial charge in [0, 0.05) is 6.54 Å². The molecule has 0 bridgehead atoms. The predicted octanol–water partition coefficient (Wildman–Crippen LogP) is 2.98. The third kappa shape index (κ3) is 4.62. The monoisotopic (exact) mass is 225 g/mol.